The van der Waals surface area contributed by atoms with Crippen molar-refractivity contribution in [3.63, 3.8) is 0 Å². The Kier molecular flexibility index (Phi) is 7.59. The van der Waals surface area contributed by atoms with Crippen molar-refractivity contribution in [3.05, 3.63) is 206 Å². The first-order valence-corrected chi connectivity index (χ1v) is 21.9. The molecular formula is C58H33N7O. The zero-order valence-electron chi connectivity index (χ0n) is 35.1. The third-order valence-electron chi connectivity index (χ3n) is 13.1. The van der Waals surface area contributed by atoms with E-state index >= 15 is 0 Å². The van der Waals surface area contributed by atoms with Gasteiger partial charge in [-0.25, -0.2) is 4.98 Å². The molecule has 0 fully saturated rings. The van der Waals surface area contributed by atoms with Crippen LogP contribution in [0.3, 0.4) is 0 Å². The molecule has 0 bridgehead atoms. The molecule has 8 heteroatoms. The third-order valence-corrected chi connectivity index (χ3v) is 13.1. The molecule has 0 radical (unpaired) electrons. The van der Waals surface area contributed by atoms with Crippen LogP contribution in [0.1, 0.15) is 5.56 Å². The summed E-state index contributed by atoms with van der Waals surface area (Å²) < 4.78 is 13.4. The van der Waals surface area contributed by atoms with E-state index in [0.29, 0.717) is 28.7 Å². The van der Waals surface area contributed by atoms with Gasteiger partial charge in [-0.05, 0) is 72.8 Å². The number of rotatable bonds is 5. The van der Waals surface area contributed by atoms with E-state index in [1.807, 2.05) is 66.7 Å². The van der Waals surface area contributed by atoms with Gasteiger partial charge in [0.2, 0.25) is 5.95 Å². The monoisotopic (exact) mass is 843 g/mol. The quantitative estimate of drug-likeness (QED) is 0.172. The van der Waals surface area contributed by atoms with E-state index in [4.69, 9.17) is 19.4 Å². The maximum atomic E-state index is 11.0. The number of hydrogen-bond acceptors (Lipinski definition) is 5. The van der Waals surface area contributed by atoms with Gasteiger partial charge in [0.05, 0.1) is 44.4 Å². The highest BCUT2D eigenvalue weighted by atomic mass is 16.3. The summed E-state index contributed by atoms with van der Waals surface area (Å²) in [6.07, 6.45) is 0. The maximum Gasteiger partial charge on any atom is 0.238 e. The Labute approximate surface area is 376 Å². The SMILES string of the molecule is N#Cc1cc(-c2nc(-c3ccccc3)nc(-n3c4ccccc4c4ccccc43)n2)ccc1-n1c2ccccc2c2cc3c(cc21)oc1ccc2c(c4ccccc4n2-c2ccccc2)c13. The van der Waals surface area contributed by atoms with E-state index in [2.05, 4.69) is 153 Å². The molecule has 0 aliphatic rings. The predicted octanol–water partition coefficient (Wildman–Crippen LogP) is 14.3. The fraction of sp³-hybridized carbons (Fsp3) is 0. The predicted molar refractivity (Wildman–Crippen MR) is 266 cm³/mol. The van der Waals surface area contributed by atoms with Crippen molar-refractivity contribution in [2.45, 2.75) is 0 Å². The van der Waals surface area contributed by atoms with Gasteiger partial charge in [0, 0.05) is 66.0 Å². The van der Waals surface area contributed by atoms with Gasteiger partial charge in [0.15, 0.2) is 11.6 Å². The highest BCUT2D eigenvalue weighted by Gasteiger charge is 2.23. The van der Waals surface area contributed by atoms with Gasteiger partial charge in [-0.1, -0.05) is 121 Å². The van der Waals surface area contributed by atoms with E-state index in [9.17, 15) is 5.26 Å². The molecule has 0 N–H and O–H groups in total. The van der Waals surface area contributed by atoms with Crippen molar-refractivity contribution in [2.24, 2.45) is 0 Å². The molecule has 0 amide bonds. The molecule has 9 aromatic carbocycles. The van der Waals surface area contributed by atoms with E-state index in [1.54, 1.807) is 0 Å². The average molecular weight is 844 g/mol. The lowest BCUT2D eigenvalue weighted by Gasteiger charge is -2.13. The van der Waals surface area contributed by atoms with Crippen molar-refractivity contribution in [1.29, 1.82) is 5.26 Å². The molecule has 14 rings (SSSR count). The van der Waals surface area contributed by atoms with Crippen LogP contribution in [0.15, 0.2) is 205 Å². The first-order chi connectivity index (χ1) is 32.7. The molecule has 0 aliphatic carbocycles. The first kappa shape index (κ1) is 36.2. The van der Waals surface area contributed by atoms with Crippen molar-refractivity contribution in [1.82, 2.24) is 28.7 Å². The van der Waals surface area contributed by atoms with E-state index in [1.165, 1.54) is 5.39 Å². The number of fused-ring (bicyclic) bond motifs is 13. The molecule has 0 atom stereocenters. The number of aromatic nitrogens is 6. The first-order valence-electron chi connectivity index (χ1n) is 21.9. The Morgan fingerprint density at radius 1 is 0.379 bits per heavy atom. The average Bonchev–Trinajstić information content (AvgIpc) is 4.12. The van der Waals surface area contributed by atoms with E-state index in [0.717, 1.165) is 98.9 Å². The van der Waals surface area contributed by atoms with Crippen molar-refractivity contribution in [2.75, 3.05) is 0 Å². The molecule has 0 spiro atoms. The molecule has 0 saturated heterocycles. The maximum absolute atomic E-state index is 11.0. The zero-order chi connectivity index (χ0) is 43.5. The Morgan fingerprint density at radius 3 is 1.64 bits per heavy atom. The largest absolute Gasteiger partial charge is 0.456 e. The minimum atomic E-state index is 0.468. The zero-order valence-corrected chi connectivity index (χ0v) is 35.1. The normalized spacial score (nSPS) is 11.9. The highest BCUT2D eigenvalue weighted by Crippen LogP contribution is 2.44. The lowest BCUT2D eigenvalue weighted by Crippen LogP contribution is -2.06. The second-order valence-corrected chi connectivity index (χ2v) is 16.7. The second kappa shape index (κ2) is 13.8. The van der Waals surface area contributed by atoms with Crippen LogP contribution in [-0.2, 0) is 0 Å². The summed E-state index contributed by atoms with van der Waals surface area (Å²) in [5, 5.41) is 19.8. The van der Waals surface area contributed by atoms with Crippen LogP contribution in [0.4, 0.5) is 0 Å². The van der Waals surface area contributed by atoms with Crippen LogP contribution in [0.2, 0.25) is 0 Å². The number of benzene rings is 9. The van der Waals surface area contributed by atoms with Crippen LogP contribution in [0.5, 0.6) is 0 Å². The van der Waals surface area contributed by atoms with Gasteiger partial charge in [-0.3, -0.25) is 4.57 Å². The Morgan fingerprint density at radius 2 is 0.955 bits per heavy atom. The molecular weight excluding hydrogens is 811 g/mol. The molecule has 306 valence electrons. The summed E-state index contributed by atoms with van der Waals surface area (Å²) >= 11 is 0. The van der Waals surface area contributed by atoms with Crippen LogP contribution < -0.4 is 0 Å². The molecule has 5 aromatic heterocycles. The fourth-order valence-corrected chi connectivity index (χ4v) is 10.3. The molecule has 0 saturated carbocycles. The molecule has 5 heterocycles. The van der Waals surface area contributed by atoms with Crippen LogP contribution in [0, 0.1) is 11.3 Å². The fourth-order valence-electron chi connectivity index (χ4n) is 10.3. The standard InChI is InChI=1S/C58H33N7O/c59-34-37-31-36(57-60-56(35-15-3-1-4-16-35)61-58(62-57)65-47-24-12-7-19-39(47)40-20-8-13-25-48(40)65)27-28-45(37)64-46-23-11-9-21-41(46)43-32-44-53(33-51(43)64)66-52-30-29-50-54(55(44)52)42-22-10-14-26-49(42)63(50)38-17-5-2-6-18-38/h1-33H. The highest BCUT2D eigenvalue weighted by molar-refractivity contribution is 6.29. The molecule has 0 unspecified atom stereocenters. The second-order valence-electron chi connectivity index (χ2n) is 16.7. The van der Waals surface area contributed by atoms with E-state index in [-0.39, 0.29) is 0 Å². The summed E-state index contributed by atoms with van der Waals surface area (Å²) in [7, 11) is 0. The smallest absolute Gasteiger partial charge is 0.238 e. The number of nitrogens with zero attached hydrogens (tertiary/aromatic N) is 7. The van der Waals surface area contributed by atoms with Crippen LogP contribution >= 0.6 is 0 Å². The van der Waals surface area contributed by atoms with Crippen molar-refractivity contribution < 1.29 is 4.42 Å². The Balaban J connectivity index is 0.976. The molecule has 14 aromatic rings. The lowest BCUT2D eigenvalue weighted by atomic mass is 10.0. The van der Waals surface area contributed by atoms with Gasteiger partial charge in [-0.2, -0.15) is 15.2 Å². The van der Waals surface area contributed by atoms with Gasteiger partial charge in [0.1, 0.15) is 17.2 Å². The number of hydrogen-bond donors (Lipinski definition) is 0. The summed E-state index contributed by atoms with van der Waals surface area (Å²) in [4.78, 5) is 15.3. The third kappa shape index (κ3) is 5.16. The lowest BCUT2D eigenvalue weighted by molar-refractivity contribution is 0.669. The summed E-state index contributed by atoms with van der Waals surface area (Å²) in [6.45, 7) is 0. The summed E-state index contributed by atoms with van der Waals surface area (Å²) in [5.41, 5.74) is 11.7. The van der Waals surface area contributed by atoms with Crippen molar-refractivity contribution >= 4 is 87.4 Å². The van der Waals surface area contributed by atoms with Gasteiger partial charge in [0.25, 0.3) is 0 Å². The Hall–Kier alpha value is -9.32. The summed E-state index contributed by atoms with van der Waals surface area (Å²) in [5.74, 6) is 1.51. The van der Waals surface area contributed by atoms with Crippen LogP contribution in [0.25, 0.3) is 127 Å². The minimum absolute atomic E-state index is 0.468. The number of furan rings is 1. The minimum Gasteiger partial charge on any atom is -0.456 e. The Bertz CT molecular complexity index is 4310. The van der Waals surface area contributed by atoms with Gasteiger partial charge >= 0.3 is 0 Å². The van der Waals surface area contributed by atoms with Gasteiger partial charge in [-0.15, -0.1) is 0 Å². The molecule has 66 heavy (non-hydrogen) atoms. The molecule has 0 aliphatic heterocycles. The number of nitriles is 1. The number of para-hydroxylation sites is 5. The summed E-state index contributed by atoms with van der Waals surface area (Å²) in [6, 6.07) is 71.3. The topological polar surface area (TPSA) is 90.4 Å². The van der Waals surface area contributed by atoms with Gasteiger partial charge < -0.3 is 13.6 Å². The van der Waals surface area contributed by atoms with Crippen LogP contribution in [-0.4, -0.2) is 28.7 Å². The molecule has 8 nitrogen and oxygen atoms in total. The van der Waals surface area contributed by atoms with E-state index < -0.39 is 0 Å². The van der Waals surface area contributed by atoms with Crippen molar-refractivity contribution in [3.8, 4) is 46.2 Å².